The van der Waals surface area contributed by atoms with Crippen molar-refractivity contribution in [3.63, 3.8) is 0 Å². The van der Waals surface area contributed by atoms with Gasteiger partial charge in [0.1, 0.15) is 5.75 Å². The van der Waals surface area contributed by atoms with Crippen LogP contribution in [-0.2, 0) is 11.3 Å². The molecule has 0 saturated heterocycles. The molecule has 0 radical (unpaired) electrons. The van der Waals surface area contributed by atoms with E-state index in [9.17, 15) is 0 Å². The molecule has 0 aliphatic heterocycles. The number of hydrogen-bond donors (Lipinski definition) is 2. The Hall–Kier alpha value is -0.330. The van der Waals surface area contributed by atoms with Crippen molar-refractivity contribution >= 4 is 28.3 Å². The predicted octanol–water partition coefficient (Wildman–Crippen LogP) is 2.37. The molecular weight excluding hydrogens is 334 g/mol. The number of nitrogens with one attached hydrogen (secondary N) is 1. The molecule has 0 fully saturated rings. The van der Waals surface area contributed by atoms with Crippen LogP contribution in [-0.4, -0.2) is 38.1 Å². The molecule has 0 aromatic heterocycles. The van der Waals surface area contributed by atoms with Crippen molar-refractivity contribution in [3.8, 4) is 5.75 Å². The molecule has 1 aromatic carbocycles. The molecular formula is C13H21BrClNO3. The van der Waals surface area contributed by atoms with E-state index in [4.69, 9.17) is 14.6 Å². The van der Waals surface area contributed by atoms with Crippen LogP contribution in [0, 0.1) is 0 Å². The molecule has 0 unspecified atom stereocenters. The highest BCUT2D eigenvalue weighted by Gasteiger charge is 2.01. The van der Waals surface area contributed by atoms with Crippen LogP contribution in [0.1, 0.15) is 12.5 Å². The lowest BCUT2D eigenvalue weighted by molar-refractivity contribution is 0.0938. The third-order valence-corrected chi connectivity index (χ3v) is 2.90. The zero-order valence-electron chi connectivity index (χ0n) is 11.0. The van der Waals surface area contributed by atoms with Gasteiger partial charge < -0.3 is 19.9 Å². The van der Waals surface area contributed by atoms with E-state index in [2.05, 4.69) is 21.2 Å². The summed E-state index contributed by atoms with van der Waals surface area (Å²) >= 11 is 3.49. The van der Waals surface area contributed by atoms with E-state index in [1.807, 2.05) is 25.1 Å². The fourth-order valence-corrected chi connectivity index (χ4v) is 2.01. The maximum atomic E-state index is 8.54. The Labute approximate surface area is 129 Å². The van der Waals surface area contributed by atoms with Crippen LogP contribution < -0.4 is 10.1 Å². The average molecular weight is 355 g/mol. The first kappa shape index (κ1) is 18.7. The molecule has 0 spiro atoms. The fourth-order valence-electron chi connectivity index (χ4n) is 1.47. The first-order valence-corrected chi connectivity index (χ1v) is 6.87. The lowest BCUT2D eigenvalue weighted by Crippen LogP contribution is -2.20. The fraction of sp³-hybridized carbons (Fsp3) is 0.538. The summed E-state index contributed by atoms with van der Waals surface area (Å²) in [6, 6.07) is 6.05. The van der Waals surface area contributed by atoms with Gasteiger partial charge in [0.15, 0.2) is 0 Å². The van der Waals surface area contributed by atoms with Crippen molar-refractivity contribution < 1.29 is 14.6 Å². The van der Waals surface area contributed by atoms with Gasteiger partial charge in [0.2, 0.25) is 0 Å². The quantitative estimate of drug-likeness (QED) is 0.669. The molecule has 110 valence electrons. The third kappa shape index (κ3) is 7.74. The second-order valence-corrected chi connectivity index (χ2v) is 4.56. The summed E-state index contributed by atoms with van der Waals surface area (Å²) in [4.78, 5) is 0. The van der Waals surface area contributed by atoms with Crippen LogP contribution >= 0.6 is 28.3 Å². The number of aliphatic hydroxyl groups is 1. The van der Waals surface area contributed by atoms with Gasteiger partial charge in [-0.25, -0.2) is 0 Å². The molecule has 0 bridgehead atoms. The van der Waals surface area contributed by atoms with Crippen molar-refractivity contribution in [2.75, 3.05) is 33.0 Å². The molecule has 2 N–H and O–H groups in total. The Morgan fingerprint density at radius 2 is 2.11 bits per heavy atom. The van der Waals surface area contributed by atoms with Crippen molar-refractivity contribution in [1.82, 2.24) is 5.32 Å². The molecule has 1 aromatic rings. The predicted molar refractivity (Wildman–Crippen MR) is 82.2 cm³/mol. The van der Waals surface area contributed by atoms with Crippen LogP contribution in [0.2, 0.25) is 0 Å². The smallest absolute Gasteiger partial charge is 0.133 e. The van der Waals surface area contributed by atoms with Crippen LogP contribution in [0.25, 0.3) is 0 Å². The minimum Gasteiger partial charge on any atom is -0.493 e. The summed E-state index contributed by atoms with van der Waals surface area (Å²) in [5, 5.41) is 11.8. The summed E-state index contributed by atoms with van der Waals surface area (Å²) in [6.45, 7) is 5.27. The van der Waals surface area contributed by atoms with Crippen molar-refractivity contribution in [2.24, 2.45) is 0 Å². The van der Waals surface area contributed by atoms with Gasteiger partial charge >= 0.3 is 0 Å². The standard InChI is InChI=1S/C13H20BrNO3.ClH/c1-2-18-13-4-3-11(9-12(13)14)10-15-5-7-17-8-6-16;/h3-4,9,15-16H,2,5-8,10H2,1H3;1H. The topological polar surface area (TPSA) is 50.7 Å². The van der Waals surface area contributed by atoms with Gasteiger partial charge in [0, 0.05) is 13.1 Å². The summed E-state index contributed by atoms with van der Waals surface area (Å²) in [6.07, 6.45) is 0. The lowest BCUT2D eigenvalue weighted by atomic mass is 10.2. The SMILES string of the molecule is CCOc1ccc(CNCCOCCO)cc1Br.Cl. The highest BCUT2D eigenvalue weighted by Crippen LogP contribution is 2.25. The molecule has 6 heteroatoms. The molecule has 0 aliphatic carbocycles. The van der Waals surface area contributed by atoms with Gasteiger partial charge in [-0.3, -0.25) is 0 Å². The van der Waals surface area contributed by atoms with Gasteiger partial charge in [-0.05, 0) is 40.5 Å². The second-order valence-electron chi connectivity index (χ2n) is 3.71. The molecule has 0 aliphatic rings. The van der Waals surface area contributed by atoms with Crippen LogP contribution in [0.3, 0.4) is 0 Å². The summed E-state index contributed by atoms with van der Waals surface area (Å²) < 4.78 is 11.6. The largest absolute Gasteiger partial charge is 0.493 e. The lowest BCUT2D eigenvalue weighted by Gasteiger charge is -2.09. The molecule has 1 rings (SSSR count). The monoisotopic (exact) mass is 353 g/mol. The van der Waals surface area contributed by atoms with Crippen LogP contribution in [0.4, 0.5) is 0 Å². The normalized spacial score (nSPS) is 10.1. The van der Waals surface area contributed by atoms with Crippen molar-refractivity contribution in [2.45, 2.75) is 13.5 Å². The first-order chi connectivity index (χ1) is 8.77. The van der Waals surface area contributed by atoms with E-state index in [0.717, 1.165) is 23.3 Å². The molecule has 0 amide bonds. The first-order valence-electron chi connectivity index (χ1n) is 6.08. The van der Waals surface area contributed by atoms with Crippen LogP contribution in [0.15, 0.2) is 22.7 Å². The average Bonchev–Trinajstić information content (AvgIpc) is 2.37. The maximum Gasteiger partial charge on any atom is 0.133 e. The summed E-state index contributed by atoms with van der Waals surface area (Å²) in [5.74, 6) is 0.868. The van der Waals surface area contributed by atoms with Crippen molar-refractivity contribution in [3.05, 3.63) is 28.2 Å². The molecule has 0 saturated carbocycles. The van der Waals surface area contributed by atoms with Gasteiger partial charge in [-0.1, -0.05) is 6.07 Å². The van der Waals surface area contributed by atoms with E-state index >= 15 is 0 Å². The number of aliphatic hydroxyl groups excluding tert-OH is 1. The molecule has 4 nitrogen and oxygen atoms in total. The number of ether oxygens (including phenoxy) is 2. The van der Waals surface area contributed by atoms with E-state index < -0.39 is 0 Å². The van der Waals surface area contributed by atoms with Gasteiger partial charge in [0.25, 0.3) is 0 Å². The Kier molecular flexibility index (Phi) is 11.3. The van der Waals surface area contributed by atoms with Gasteiger partial charge in [-0.15, -0.1) is 12.4 Å². The van der Waals surface area contributed by atoms with Crippen molar-refractivity contribution in [1.29, 1.82) is 0 Å². The molecule has 0 heterocycles. The Bertz CT molecular complexity index is 353. The highest BCUT2D eigenvalue weighted by molar-refractivity contribution is 9.10. The zero-order valence-corrected chi connectivity index (χ0v) is 13.4. The number of halogens is 2. The summed E-state index contributed by atoms with van der Waals surface area (Å²) in [5.41, 5.74) is 1.19. The van der Waals surface area contributed by atoms with Crippen LogP contribution in [0.5, 0.6) is 5.75 Å². The molecule has 0 atom stereocenters. The number of benzene rings is 1. The van der Waals surface area contributed by atoms with Gasteiger partial charge in [-0.2, -0.15) is 0 Å². The minimum absolute atomic E-state index is 0. The van der Waals surface area contributed by atoms with E-state index in [-0.39, 0.29) is 19.0 Å². The Morgan fingerprint density at radius 3 is 2.74 bits per heavy atom. The zero-order chi connectivity index (χ0) is 13.2. The summed E-state index contributed by atoms with van der Waals surface area (Å²) in [7, 11) is 0. The third-order valence-electron chi connectivity index (χ3n) is 2.28. The van der Waals surface area contributed by atoms with Gasteiger partial charge in [0.05, 0.1) is 30.9 Å². The highest BCUT2D eigenvalue weighted by atomic mass is 79.9. The second kappa shape index (κ2) is 11.5. The Balaban J connectivity index is 0.00000324. The number of rotatable bonds is 9. The maximum absolute atomic E-state index is 8.54. The van der Waals surface area contributed by atoms with E-state index in [1.165, 1.54) is 5.56 Å². The van der Waals surface area contributed by atoms with E-state index in [0.29, 0.717) is 19.8 Å². The minimum atomic E-state index is 0. The van der Waals surface area contributed by atoms with E-state index in [1.54, 1.807) is 0 Å². The number of hydrogen-bond acceptors (Lipinski definition) is 4. The molecule has 19 heavy (non-hydrogen) atoms. The Morgan fingerprint density at radius 1 is 1.32 bits per heavy atom.